The molecule has 0 radical (unpaired) electrons. The van der Waals surface area contributed by atoms with Crippen molar-refractivity contribution in [2.45, 2.75) is 32.7 Å². The smallest absolute Gasteiger partial charge is 0.267 e. The highest BCUT2D eigenvalue weighted by Gasteiger charge is 2.18. The summed E-state index contributed by atoms with van der Waals surface area (Å²) in [6, 6.07) is 1.65. The van der Waals surface area contributed by atoms with Crippen molar-refractivity contribution in [1.29, 1.82) is 0 Å². The summed E-state index contributed by atoms with van der Waals surface area (Å²) in [5.41, 5.74) is 6.81. The van der Waals surface area contributed by atoms with Crippen LogP contribution in [0.1, 0.15) is 36.7 Å². The molecular weight excluding hydrogens is 256 g/mol. The number of nitrogens with zero attached hydrogens (tertiary/aromatic N) is 2. The molecule has 2 amide bonds. The maximum absolute atomic E-state index is 12.0. The maximum Gasteiger partial charge on any atom is 0.267 e. The molecule has 6 nitrogen and oxygen atoms in total. The van der Waals surface area contributed by atoms with E-state index < -0.39 is 0 Å². The zero-order valence-corrected chi connectivity index (χ0v) is 11.9. The van der Waals surface area contributed by atoms with Crippen molar-refractivity contribution in [3.63, 3.8) is 0 Å². The van der Waals surface area contributed by atoms with Crippen LogP contribution in [0, 0.1) is 0 Å². The van der Waals surface area contributed by atoms with E-state index in [1.807, 2.05) is 11.8 Å². The van der Waals surface area contributed by atoms with Gasteiger partial charge in [-0.15, -0.1) is 0 Å². The second-order valence-electron chi connectivity index (χ2n) is 5.04. The first-order valence-electron chi connectivity index (χ1n) is 7.13. The number of carbonyl (C=O) groups is 2. The molecular formula is C14H22N4O2. The van der Waals surface area contributed by atoms with E-state index >= 15 is 0 Å². The number of nitrogen functional groups attached to an aromatic ring is 1. The molecule has 1 aliphatic heterocycles. The van der Waals surface area contributed by atoms with Crippen molar-refractivity contribution in [1.82, 2.24) is 14.8 Å². The minimum Gasteiger partial charge on any atom is -0.397 e. The van der Waals surface area contributed by atoms with Gasteiger partial charge in [0.05, 0.1) is 5.69 Å². The number of carbonyl (C=O) groups excluding carboxylic acids is 2. The highest BCUT2D eigenvalue weighted by Crippen LogP contribution is 2.11. The standard InChI is InChI=1S/C14H22N4O2/c1-2-17-10-11(15)9-12(17)14(20)16-6-5-13(19)18-7-3-4-8-18/h9-10H,2-8,15H2,1H3,(H,16,20). The zero-order chi connectivity index (χ0) is 14.5. The highest BCUT2D eigenvalue weighted by molar-refractivity contribution is 5.94. The van der Waals surface area contributed by atoms with Crippen LogP contribution in [0.5, 0.6) is 0 Å². The number of hydrogen-bond donors (Lipinski definition) is 2. The van der Waals surface area contributed by atoms with E-state index in [0.29, 0.717) is 30.9 Å². The lowest BCUT2D eigenvalue weighted by Gasteiger charge is -2.15. The fourth-order valence-electron chi connectivity index (χ4n) is 2.48. The van der Waals surface area contributed by atoms with Crippen molar-refractivity contribution in [2.24, 2.45) is 0 Å². The Bertz CT molecular complexity index is 489. The number of amides is 2. The average molecular weight is 278 g/mol. The third-order valence-corrected chi connectivity index (χ3v) is 3.57. The van der Waals surface area contributed by atoms with Crippen LogP contribution in [0.4, 0.5) is 5.69 Å². The number of anilines is 1. The van der Waals surface area contributed by atoms with Gasteiger partial charge < -0.3 is 20.5 Å². The molecule has 0 spiro atoms. The Morgan fingerprint density at radius 1 is 1.35 bits per heavy atom. The molecule has 3 N–H and O–H groups in total. The second-order valence-corrected chi connectivity index (χ2v) is 5.04. The molecule has 0 bridgehead atoms. The van der Waals surface area contributed by atoms with E-state index in [4.69, 9.17) is 5.73 Å². The summed E-state index contributed by atoms with van der Waals surface area (Å²) in [5, 5.41) is 2.78. The van der Waals surface area contributed by atoms with E-state index in [9.17, 15) is 9.59 Å². The van der Waals surface area contributed by atoms with Gasteiger partial charge in [-0.1, -0.05) is 0 Å². The summed E-state index contributed by atoms with van der Waals surface area (Å²) >= 11 is 0. The molecule has 0 saturated carbocycles. The number of nitrogens with two attached hydrogens (primary N) is 1. The van der Waals surface area contributed by atoms with Crippen LogP contribution in [-0.2, 0) is 11.3 Å². The van der Waals surface area contributed by atoms with Crippen molar-refractivity contribution in [3.05, 3.63) is 18.0 Å². The Hall–Kier alpha value is -1.98. The predicted molar refractivity (Wildman–Crippen MR) is 77.3 cm³/mol. The second kappa shape index (κ2) is 6.45. The van der Waals surface area contributed by atoms with Crippen LogP contribution in [0.25, 0.3) is 0 Å². The SMILES string of the molecule is CCn1cc(N)cc1C(=O)NCCC(=O)N1CCCC1. The summed E-state index contributed by atoms with van der Waals surface area (Å²) in [5.74, 6) is -0.0639. The van der Waals surface area contributed by atoms with Gasteiger partial charge in [-0.05, 0) is 25.8 Å². The Labute approximate surface area is 118 Å². The third kappa shape index (κ3) is 3.31. The number of likely N-dealkylation sites (tertiary alicyclic amines) is 1. The summed E-state index contributed by atoms with van der Waals surface area (Å²) in [4.78, 5) is 25.7. The number of nitrogens with one attached hydrogen (secondary N) is 1. The fourth-order valence-corrected chi connectivity index (χ4v) is 2.48. The van der Waals surface area contributed by atoms with E-state index in [2.05, 4.69) is 5.32 Å². The molecule has 2 heterocycles. The number of aromatic nitrogens is 1. The molecule has 6 heteroatoms. The molecule has 2 rings (SSSR count). The Kier molecular flexibility index (Phi) is 4.65. The molecule has 1 saturated heterocycles. The van der Waals surface area contributed by atoms with Gasteiger partial charge in [-0.2, -0.15) is 0 Å². The van der Waals surface area contributed by atoms with Crippen molar-refractivity contribution < 1.29 is 9.59 Å². The number of rotatable bonds is 5. The Morgan fingerprint density at radius 2 is 2.05 bits per heavy atom. The van der Waals surface area contributed by atoms with Crippen LogP contribution >= 0.6 is 0 Å². The van der Waals surface area contributed by atoms with Gasteiger partial charge in [-0.3, -0.25) is 9.59 Å². The largest absolute Gasteiger partial charge is 0.397 e. The molecule has 1 fully saturated rings. The summed E-state index contributed by atoms with van der Waals surface area (Å²) in [6.07, 6.45) is 4.27. The fraction of sp³-hybridized carbons (Fsp3) is 0.571. The van der Waals surface area contributed by atoms with Crippen LogP contribution in [0.2, 0.25) is 0 Å². The molecule has 0 atom stereocenters. The van der Waals surface area contributed by atoms with Gasteiger partial charge >= 0.3 is 0 Å². The summed E-state index contributed by atoms with van der Waals surface area (Å²) < 4.78 is 1.80. The van der Waals surface area contributed by atoms with Gasteiger partial charge in [0.2, 0.25) is 5.91 Å². The molecule has 110 valence electrons. The van der Waals surface area contributed by atoms with E-state index in [0.717, 1.165) is 25.9 Å². The van der Waals surface area contributed by atoms with Crippen molar-refractivity contribution in [2.75, 3.05) is 25.4 Å². The first-order valence-corrected chi connectivity index (χ1v) is 7.13. The lowest BCUT2D eigenvalue weighted by molar-refractivity contribution is -0.129. The lowest BCUT2D eigenvalue weighted by Crippen LogP contribution is -2.33. The molecule has 1 aromatic heterocycles. The molecule has 0 aromatic carbocycles. The van der Waals surface area contributed by atoms with Crippen LogP contribution < -0.4 is 11.1 Å². The zero-order valence-electron chi connectivity index (χ0n) is 11.9. The van der Waals surface area contributed by atoms with Gasteiger partial charge in [0.25, 0.3) is 5.91 Å². The topological polar surface area (TPSA) is 80.4 Å². The van der Waals surface area contributed by atoms with Crippen molar-refractivity contribution >= 4 is 17.5 Å². The summed E-state index contributed by atoms with van der Waals surface area (Å²) in [6.45, 7) is 4.70. The van der Waals surface area contributed by atoms with Crippen LogP contribution in [0.3, 0.4) is 0 Å². The normalized spacial score (nSPS) is 14.6. The quantitative estimate of drug-likeness (QED) is 0.837. The number of aryl methyl sites for hydroxylation is 1. The van der Waals surface area contributed by atoms with Gasteiger partial charge in [0.1, 0.15) is 5.69 Å². The highest BCUT2D eigenvalue weighted by atomic mass is 16.2. The van der Waals surface area contributed by atoms with Gasteiger partial charge in [0, 0.05) is 38.8 Å². The Balaban J connectivity index is 1.81. The van der Waals surface area contributed by atoms with Crippen molar-refractivity contribution in [3.8, 4) is 0 Å². The minimum atomic E-state index is -0.183. The first-order chi connectivity index (χ1) is 9.61. The lowest BCUT2D eigenvalue weighted by atomic mass is 10.3. The third-order valence-electron chi connectivity index (χ3n) is 3.57. The Morgan fingerprint density at radius 3 is 2.70 bits per heavy atom. The van der Waals surface area contributed by atoms with E-state index in [1.165, 1.54) is 0 Å². The molecule has 0 aliphatic carbocycles. The predicted octanol–water partition coefficient (Wildman–Crippen LogP) is 0.832. The number of hydrogen-bond acceptors (Lipinski definition) is 3. The monoisotopic (exact) mass is 278 g/mol. The maximum atomic E-state index is 12.0. The first kappa shape index (κ1) is 14.4. The van der Waals surface area contributed by atoms with Gasteiger partial charge in [0.15, 0.2) is 0 Å². The van der Waals surface area contributed by atoms with Crippen LogP contribution in [-0.4, -0.2) is 40.9 Å². The van der Waals surface area contributed by atoms with Gasteiger partial charge in [-0.25, -0.2) is 0 Å². The minimum absolute atomic E-state index is 0.119. The summed E-state index contributed by atoms with van der Waals surface area (Å²) in [7, 11) is 0. The van der Waals surface area contributed by atoms with E-state index in [-0.39, 0.29) is 11.8 Å². The van der Waals surface area contributed by atoms with Crippen LogP contribution in [0.15, 0.2) is 12.3 Å². The molecule has 0 unspecified atom stereocenters. The van der Waals surface area contributed by atoms with E-state index in [1.54, 1.807) is 16.8 Å². The molecule has 20 heavy (non-hydrogen) atoms. The average Bonchev–Trinajstić information content (AvgIpc) is 3.07. The molecule has 1 aliphatic rings. The molecule has 1 aromatic rings.